The van der Waals surface area contributed by atoms with Gasteiger partial charge in [0.1, 0.15) is 0 Å². The Bertz CT molecular complexity index is 578. The number of hydrogen-bond donors (Lipinski definition) is 0. The molecule has 100 valence electrons. The Labute approximate surface area is 113 Å². The van der Waals surface area contributed by atoms with Crippen LogP contribution < -0.4 is 0 Å². The Hall–Kier alpha value is -1.90. The van der Waals surface area contributed by atoms with Crippen molar-refractivity contribution in [1.82, 2.24) is 4.98 Å². The Morgan fingerprint density at radius 2 is 2.11 bits per heavy atom. The van der Waals surface area contributed by atoms with Crippen LogP contribution in [0.3, 0.4) is 0 Å². The highest BCUT2D eigenvalue weighted by molar-refractivity contribution is 5.83. The van der Waals surface area contributed by atoms with E-state index in [1.807, 2.05) is 51.1 Å². The number of nitrogens with zero attached hydrogens (tertiary/aromatic N) is 1. The van der Waals surface area contributed by atoms with Gasteiger partial charge in [-0.15, -0.1) is 0 Å². The molecule has 1 unspecified atom stereocenters. The summed E-state index contributed by atoms with van der Waals surface area (Å²) < 4.78 is 5.17. The maximum Gasteiger partial charge on any atom is 0.313 e. The highest BCUT2D eigenvalue weighted by Crippen LogP contribution is 2.28. The summed E-state index contributed by atoms with van der Waals surface area (Å²) in [4.78, 5) is 16.4. The Balaban J connectivity index is 2.41. The lowest BCUT2D eigenvalue weighted by atomic mass is 9.88. The molecule has 0 saturated carbocycles. The minimum atomic E-state index is -0.230. The van der Waals surface area contributed by atoms with Crippen LogP contribution in [-0.2, 0) is 9.53 Å². The van der Waals surface area contributed by atoms with E-state index in [2.05, 4.69) is 4.98 Å². The summed E-state index contributed by atoms with van der Waals surface area (Å²) in [7, 11) is 0. The van der Waals surface area contributed by atoms with Crippen molar-refractivity contribution in [2.45, 2.75) is 26.7 Å². The SMILES string of the molecule is CCOC(=O)C(c1ccc2cccnc2c1)C(C)C. The molecule has 3 heteroatoms. The highest BCUT2D eigenvalue weighted by atomic mass is 16.5. The van der Waals surface area contributed by atoms with E-state index in [1.165, 1.54) is 0 Å². The van der Waals surface area contributed by atoms with Crippen LogP contribution in [0.1, 0.15) is 32.3 Å². The Morgan fingerprint density at radius 1 is 1.32 bits per heavy atom. The molecule has 1 aromatic carbocycles. The average Bonchev–Trinajstić information content (AvgIpc) is 2.38. The molecule has 3 nitrogen and oxygen atoms in total. The van der Waals surface area contributed by atoms with Crippen molar-refractivity contribution >= 4 is 16.9 Å². The zero-order valence-electron chi connectivity index (χ0n) is 11.6. The van der Waals surface area contributed by atoms with Gasteiger partial charge < -0.3 is 4.74 Å². The van der Waals surface area contributed by atoms with Crippen molar-refractivity contribution in [1.29, 1.82) is 0 Å². The maximum atomic E-state index is 12.1. The van der Waals surface area contributed by atoms with Crippen molar-refractivity contribution in [3.63, 3.8) is 0 Å². The van der Waals surface area contributed by atoms with Crippen LogP contribution in [-0.4, -0.2) is 17.6 Å². The van der Waals surface area contributed by atoms with Gasteiger partial charge in [0, 0.05) is 11.6 Å². The molecule has 0 saturated heterocycles. The number of carbonyl (C=O) groups excluding carboxylic acids is 1. The summed E-state index contributed by atoms with van der Waals surface area (Å²) in [5.41, 5.74) is 1.88. The van der Waals surface area contributed by atoms with Gasteiger partial charge in [0.15, 0.2) is 0 Å². The number of esters is 1. The molecule has 0 fully saturated rings. The second-order valence-corrected chi connectivity index (χ2v) is 4.93. The van der Waals surface area contributed by atoms with E-state index < -0.39 is 0 Å². The number of fused-ring (bicyclic) bond motifs is 1. The normalized spacial score (nSPS) is 12.6. The molecule has 2 aromatic rings. The van der Waals surface area contributed by atoms with Crippen molar-refractivity contribution < 1.29 is 9.53 Å². The minimum Gasteiger partial charge on any atom is -0.466 e. The van der Waals surface area contributed by atoms with Crippen LogP contribution in [0.15, 0.2) is 36.5 Å². The Kier molecular flexibility index (Phi) is 4.15. The van der Waals surface area contributed by atoms with E-state index in [9.17, 15) is 4.79 Å². The average molecular weight is 257 g/mol. The van der Waals surface area contributed by atoms with Crippen molar-refractivity contribution in [3.05, 3.63) is 42.1 Å². The number of ether oxygens (including phenoxy) is 1. The third kappa shape index (κ3) is 2.92. The quantitative estimate of drug-likeness (QED) is 0.786. The second kappa shape index (κ2) is 5.83. The number of rotatable bonds is 4. The van der Waals surface area contributed by atoms with Crippen molar-refractivity contribution in [3.8, 4) is 0 Å². The van der Waals surface area contributed by atoms with Gasteiger partial charge >= 0.3 is 5.97 Å². The highest BCUT2D eigenvalue weighted by Gasteiger charge is 2.25. The van der Waals surface area contributed by atoms with Crippen molar-refractivity contribution in [2.24, 2.45) is 5.92 Å². The lowest BCUT2D eigenvalue weighted by Gasteiger charge is -2.19. The largest absolute Gasteiger partial charge is 0.466 e. The molecule has 0 bridgehead atoms. The van der Waals surface area contributed by atoms with E-state index >= 15 is 0 Å². The number of hydrogen-bond acceptors (Lipinski definition) is 3. The minimum absolute atomic E-state index is 0.159. The third-order valence-electron chi connectivity index (χ3n) is 3.20. The monoisotopic (exact) mass is 257 g/mol. The molecule has 0 aliphatic heterocycles. The molecule has 1 atom stereocenters. The standard InChI is InChI=1S/C16H19NO2/c1-4-19-16(18)15(11(2)3)13-8-7-12-6-5-9-17-14(12)10-13/h5-11,15H,4H2,1-3H3. The smallest absolute Gasteiger partial charge is 0.313 e. The summed E-state index contributed by atoms with van der Waals surface area (Å²) in [5, 5.41) is 1.08. The fraction of sp³-hybridized carbons (Fsp3) is 0.375. The first-order chi connectivity index (χ1) is 9.13. The molecule has 0 amide bonds. The molecular formula is C16H19NO2. The van der Waals surface area contributed by atoms with Gasteiger partial charge in [0.25, 0.3) is 0 Å². The first-order valence-electron chi connectivity index (χ1n) is 6.64. The van der Waals surface area contributed by atoms with Crippen LogP contribution in [0.2, 0.25) is 0 Å². The summed E-state index contributed by atoms with van der Waals surface area (Å²) in [5.74, 6) is -0.195. The summed E-state index contributed by atoms with van der Waals surface area (Å²) in [6.45, 7) is 6.31. The lowest BCUT2D eigenvalue weighted by Crippen LogP contribution is -2.20. The summed E-state index contributed by atoms with van der Waals surface area (Å²) >= 11 is 0. The molecule has 2 rings (SSSR count). The fourth-order valence-electron chi connectivity index (χ4n) is 2.30. The van der Waals surface area contributed by atoms with Gasteiger partial charge in [-0.1, -0.05) is 32.0 Å². The molecule has 0 N–H and O–H groups in total. The van der Waals surface area contributed by atoms with Crippen LogP contribution in [0.4, 0.5) is 0 Å². The topological polar surface area (TPSA) is 39.2 Å². The molecule has 0 spiro atoms. The molecule has 1 heterocycles. The van der Waals surface area contributed by atoms with Gasteiger partial charge in [0.05, 0.1) is 18.0 Å². The van der Waals surface area contributed by atoms with Gasteiger partial charge in [-0.3, -0.25) is 9.78 Å². The number of benzene rings is 1. The molecule has 0 aliphatic carbocycles. The lowest BCUT2D eigenvalue weighted by molar-refractivity contribution is -0.146. The molecule has 19 heavy (non-hydrogen) atoms. The molecule has 0 aliphatic rings. The summed E-state index contributed by atoms with van der Waals surface area (Å²) in [6.07, 6.45) is 1.76. The van der Waals surface area contributed by atoms with Crippen LogP contribution in [0.5, 0.6) is 0 Å². The zero-order valence-corrected chi connectivity index (χ0v) is 11.6. The van der Waals surface area contributed by atoms with E-state index in [-0.39, 0.29) is 17.8 Å². The zero-order chi connectivity index (χ0) is 13.8. The third-order valence-corrected chi connectivity index (χ3v) is 3.20. The van der Waals surface area contributed by atoms with Crippen LogP contribution >= 0.6 is 0 Å². The van der Waals surface area contributed by atoms with Gasteiger partial charge in [0.2, 0.25) is 0 Å². The van der Waals surface area contributed by atoms with E-state index in [0.29, 0.717) is 6.61 Å². The fourth-order valence-corrected chi connectivity index (χ4v) is 2.30. The van der Waals surface area contributed by atoms with E-state index in [0.717, 1.165) is 16.5 Å². The number of aromatic nitrogens is 1. The molecular weight excluding hydrogens is 238 g/mol. The predicted octanol–water partition coefficient (Wildman–Crippen LogP) is 3.54. The summed E-state index contributed by atoms with van der Waals surface area (Å²) in [6, 6.07) is 9.91. The predicted molar refractivity (Wildman–Crippen MR) is 76.0 cm³/mol. The van der Waals surface area contributed by atoms with Gasteiger partial charge in [-0.25, -0.2) is 0 Å². The van der Waals surface area contributed by atoms with Crippen molar-refractivity contribution in [2.75, 3.05) is 6.61 Å². The van der Waals surface area contributed by atoms with E-state index in [1.54, 1.807) is 6.20 Å². The Morgan fingerprint density at radius 3 is 2.79 bits per heavy atom. The first-order valence-corrected chi connectivity index (χ1v) is 6.64. The number of carbonyl (C=O) groups is 1. The number of pyridine rings is 1. The maximum absolute atomic E-state index is 12.1. The first kappa shape index (κ1) is 13.5. The molecule has 1 aromatic heterocycles. The van der Waals surface area contributed by atoms with Crippen LogP contribution in [0.25, 0.3) is 10.9 Å². The molecule has 0 radical (unpaired) electrons. The van der Waals surface area contributed by atoms with Gasteiger partial charge in [-0.2, -0.15) is 0 Å². The van der Waals surface area contributed by atoms with E-state index in [4.69, 9.17) is 4.74 Å². The van der Waals surface area contributed by atoms with Gasteiger partial charge in [-0.05, 0) is 30.5 Å². The van der Waals surface area contributed by atoms with Crippen LogP contribution in [0, 0.1) is 5.92 Å². The second-order valence-electron chi connectivity index (χ2n) is 4.93.